The first-order valence-electron chi connectivity index (χ1n) is 7.08. The number of hydrogen-bond donors (Lipinski definition) is 2. The average Bonchev–Trinajstić information content (AvgIpc) is 2.36. The first-order valence-corrected chi connectivity index (χ1v) is 8.37. The highest BCUT2D eigenvalue weighted by molar-refractivity contribution is 7.99. The van der Waals surface area contributed by atoms with E-state index in [4.69, 9.17) is 0 Å². The van der Waals surface area contributed by atoms with Crippen LogP contribution in [0.4, 0.5) is 0 Å². The molecule has 0 bridgehead atoms. The average molecular weight is 272 g/mol. The van der Waals surface area contributed by atoms with E-state index in [1.54, 1.807) is 0 Å². The molecule has 0 aromatic carbocycles. The van der Waals surface area contributed by atoms with E-state index < -0.39 is 0 Å². The largest absolute Gasteiger partial charge is 0.352 e. The summed E-state index contributed by atoms with van der Waals surface area (Å²) < 4.78 is 0. The summed E-state index contributed by atoms with van der Waals surface area (Å²) in [4.78, 5) is 11.7. The minimum atomic E-state index is 0.128. The second kappa shape index (κ2) is 8.05. The van der Waals surface area contributed by atoms with Crippen molar-refractivity contribution in [3.63, 3.8) is 0 Å². The van der Waals surface area contributed by atoms with Gasteiger partial charge in [-0.05, 0) is 44.8 Å². The topological polar surface area (TPSA) is 41.1 Å². The highest BCUT2D eigenvalue weighted by Gasteiger charge is 2.20. The Morgan fingerprint density at radius 1 is 1.22 bits per heavy atom. The number of rotatable bonds is 6. The summed E-state index contributed by atoms with van der Waals surface area (Å²) in [5, 5.41) is 7.25. The van der Waals surface area contributed by atoms with Crippen molar-refractivity contribution < 1.29 is 4.79 Å². The molecule has 0 heterocycles. The van der Waals surface area contributed by atoms with E-state index in [9.17, 15) is 4.79 Å². The minimum Gasteiger partial charge on any atom is -0.352 e. The van der Waals surface area contributed by atoms with Crippen LogP contribution in [0.15, 0.2) is 0 Å². The molecule has 1 aliphatic carbocycles. The predicted octanol–water partition coefficient (Wildman–Crippen LogP) is 2.41. The van der Waals surface area contributed by atoms with E-state index in [1.807, 2.05) is 11.8 Å². The Labute approximate surface area is 116 Å². The first kappa shape index (κ1) is 15.8. The van der Waals surface area contributed by atoms with Crippen LogP contribution in [0.25, 0.3) is 0 Å². The van der Waals surface area contributed by atoms with Gasteiger partial charge in [-0.25, -0.2) is 0 Å². The summed E-state index contributed by atoms with van der Waals surface area (Å²) in [5.41, 5.74) is 0. The normalized spacial score (nSPS) is 26.1. The van der Waals surface area contributed by atoms with Gasteiger partial charge in [0.15, 0.2) is 0 Å². The molecule has 0 saturated heterocycles. The minimum absolute atomic E-state index is 0.128. The van der Waals surface area contributed by atoms with Crippen LogP contribution in [0, 0.1) is 5.92 Å². The van der Waals surface area contributed by atoms with Gasteiger partial charge in [0, 0.05) is 17.3 Å². The molecule has 3 nitrogen and oxygen atoms in total. The van der Waals surface area contributed by atoms with E-state index in [-0.39, 0.29) is 11.9 Å². The Kier molecular flexibility index (Phi) is 7.08. The quantitative estimate of drug-likeness (QED) is 0.780. The SMILES string of the molecule is CSC1CCC(NCC(=O)NC(C)C(C)C)CC1. The molecular formula is C14H28N2OS. The Hall–Kier alpha value is -0.220. The second-order valence-electron chi connectivity index (χ2n) is 5.69. The van der Waals surface area contributed by atoms with E-state index in [2.05, 4.69) is 37.7 Å². The van der Waals surface area contributed by atoms with E-state index >= 15 is 0 Å². The maximum absolute atomic E-state index is 11.7. The molecule has 1 amide bonds. The summed E-state index contributed by atoms with van der Waals surface area (Å²) in [7, 11) is 0. The van der Waals surface area contributed by atoms with Crippen molar-refractivity contribution in [3.05, 3.63) is 0 Å². The van der Waals surface area contributed by atoms with Gasteiger partial charge in [0.25, 0.3) is 0 Å². The molecule has 4 heteroatoms. The summed E-state index contributed by atoms with van der Waals surface area (Å²) >= 11 is 1.98. The highest BCUT2D eigenvalue weighted by atomic mass is 32.2. The molecule has 0 aliphatic heterocycles. The van der Waals surface area contributed by atoms with Gasteiger partial charge in [0.05, 0.1) is 6.54 Å². The zero-order chi connectivity index (χ0) is 13.5. The molecule has 1 rings (SSSR count). The van der Waals surface area contributed by atoms with Gasteiger partial charge in [-0.2, -0.15) is 11.8 Å². The third kappa shape index (κ3) is 5.61. The van der Waals surface area contributed by atoms with Crippen LogP contribution in [-0.2, 0) is 4.79 Å². The third-order valence-electron chi connectivity index (χ3n) is 3.95. The van der Waals surface area contributed by atoms with Crippen molar-refractivity contribution in [2.24, 2.45) is 5.92 Å². The van der Waals surface area contributed by atoms with Gasteiger partial charge in [-0.15, -0.1) is 0 Å². The lowest BCUT2D eigenvalue weighted by Gasteiger charge is -2.28. The van der Waals surface area contributed by atoms with Crippen LogP contribution in [0.2, 0.25) is 0 Å². The zero-order valence-corrected chi connectivity index (χ0v) is 13.0. The van der Waals surface area contributed by atoms with Gasteiger partial charge >= 0.3 is 0 Å². The van der Waals surface area contributed by atoms with Gasteiger partial charge < -0.3 is 10.6 Å². The molecule has 1 fully saturated rings. The molecule has 1 aliphatic rings. The van der Waals surface area contributed by atoms with E-state index in [0.717, 1.165) is 5.25 Å². The number of nitrogens with one attached hydrogen (secondary N) is 2. The fraction of sp³-hybridized carbons (Fsp3) is 0.929. The number of thioether (sulfide) groups is 1. The summed E-state index contributed by atoms with van der Waals surface area (Å²) in [6.07, 6.45) is 7.17. The van der Waals surface area contributed by atoms with Crippen molar-refractivity contribution in [2.45, 2.75) is 63.8 Å². The molecule has 0 radical (unpaired) electrons. The number of carbonyl (C=O) groups is 1. The van der Waals surface area contributed by atoms with Gasteiger partial charge in [-0.3, -0.25) is 4.79 Å². The fourth-order valence-electron chi connectivity index (χ4n) is 2.21. The monoisotopic (exact) mass is 272 g/mol. The Morgan fingerprint density at radius 2 is 1.83 bits per heavy atom. The standard InChI is InChI=1S/C14H28N2OS/c1-10(2)11(3)16-14(17)9-15-12-5-7-13(18-4)8-6-12/h10-13,15H,5-9H2,1-4H3,(H,16,17). The first-order chi connectivity index (χ1) is 8.52. The maximum Gasteiger partial charge on any atom is 0.234 e. The lowest BCUT2D eigenvalue weighted by Crippen LogP contribution is -2.44. The zero-order valence-electron chi connectivity index (χ0n) is 12.2. The van der Waals surface area contributed by atoms with Crippen LogP contribution >= 0.6 is 11.8 Å². The molecule has 0 aromatic rings. The van der Waals surface area contributed by atoms with Crippen LogP contribution in [-0.4, -0.2) is 36.0 Å². The molecule has 1 saturated carbocycles. The summed E-state index contributed by atoms with van der Waals surface area (Å²) in [6, 6.07) is 0.792. The molecule has 1 unspecified atom stereocenters. The maximum atomic E-state index is 11.7. The van der Waals surface area contributed by atoms with Crippen LogP contribution < -0.4 is 10.6 Å². The van der Waals surface area contributed by atoms with Gasteiger partial charge in [0.2, 0.25) is 5.91 Å². The molecule has 18 heavy (non-hydrogen) atoms. The van der Waals surface area contributed by atoms with Gasteiger partial charge in [0.1, 0.15) is 0 Å². The third-order valence-corrected chi connectivity index (χ3v) is 5.09. The number of amides is 1. The fourth-order valence-corrected chi connectivity index (χ4v) is 2.95. The predicted molar refractivity (Wildman–Crippen MR) is 80.0 cm³/mol. The van der Waals surface area contributed by atoms with E-state index in [1.165, 1.54) is 25.7 Å². The molecule has 0 spiro atoms. The van der Waals surface area contributed by atoms with Crippen LogP contribution in [0.5, 0.6) is 0 Å². The van der Waals surface area contributed by atoms with Crippen LogP contribution in [0.3, 0.4) is 0 Å². The second-order valence-corrected chi connectivity index (χ2v) is 6.83. The number of carbonyl (C=O) groups excluding carboxylic acids is 1. The van der Waals surface area contributed by atoms with Crippen molar-refractivity contribution in [3.8, 4) is 0 Å². The molecule has 2 N–H and O–H groups in total. The molecule has 1 atom stereocenters. The van der Waals surface area contributed by atoms with Crippen molar-refractivity contribution in [1.82, 2.24) is 10.6 Å². The lowest BCUT2D eigenvalue weighted by atomic mass is 9.95. The summed E-state index contributed by atoms with van der Waals surface area (Å²) in [5.74, 6) is 0.620. The Balaban J connectivity index is 2.15. The molecule has 106 valence electrons. The van der Waals surface area contributed by atoms with Crippen LogP contribution in [0.1, 0.15) is 46.5 Å². The number of hydrogen-bond acceptors (Lipinski definition) is 3. The Bertz CT molecular complexity index is 250. The van der Waals surface area contributed by atoms with E-state index in [0.29, 0.717) is 18.5 Å². The van der Waals surface area contributed by atoms with Crippen molar-refractivity contribution in [2.75, 3.05) is 12.8 Å². The van der Waals surface area contributed by atoms with Crippen molar-refractivity contribution >= 4 is 17.7 Å². The highest BCUT2D eigenvalue weighted by Crippen LogP contribution is 2.26. The van der Waals surface area contributed by atoms with Gasteiger partial charge in [-0.1, -0.05) is 13.8 Å². The smallest absolute Gasteiger partial charge is 0.234 e. The summed E-state index contributed by atoms with van der Waals surface area (Å²) in [6.45, 7) is 6.78. The lowest BCUT2D eigenvalue weighted by molar-refractivity contribution is -0.121. The molecular weight excluding hydrogens is 244 g/mol. The van der Waals surface area contributed by atoms with Crippen molar-refractivity contribution in [1.29, 1.82) is 0 Å². The Morgan fingerprint density at radius 3 is 2.33 bits per heavy atom. The molecule has 0 aromatic heterocycles.